The Hall–Kier alpha value is -1.92. The number of rotatable bonds is 1. The van der Waals surface area contributed by atoms with Crippen molar-refractivity contribution in [3.63, 3.8) is 0 Å². The molecule has 7 heteroatoms. The molecule has 106 valence electrons. The van der Waals surface area contributed by atoms with Gasteiger partial charge in [0.1, 0.15) is 6.33 Å². The quantitative estimate of drug-likeness (QED) is 0.738. The van der Waals surface area contributed by atoms with Gasteiger partial charge < -0.3 is 10.2 Å². The molecule has 1 aromatic carbocycles. The lowest BCUT2D eigenvalue weighted by atomic mass is 10.2. The Kier molecular flexibility index (Phi) is 2.26. The number of anilines is 1. The molecule has 0 aliphatic carbocycles. The van der Waals surface area contributed by atoms with E-state index >= 15 is 0 Å². The molecule has 5 rings (SSSR count). The molecule has 3 aromatic rings. The summed E-state index contributed by atoms with van der Waals surface area (Å²) < 4.78 is 1.98. The van der Waals surface area contributed by atoms with E-state index in [2.05, 4.69) is 20.4 Å². The van der Waals surface area contributed by atoms with Gasteiger partial charge in [0.2, 0.25) is 5.65 Å². The SMILES string of the molecule is Clc1ccc2nc(N3CC4CC3CN4)c3nncn3c2c1. The average molecular weight is 301 g/mol. The van der Waals surface area contributed by atoms with Crippen LogP contribution in [0.1, 0.15) is 6.42 Å². The monoisotopic (exact) mass is 300 g/mol. The Bertz CT molecular complexity index is 859. The zero-order valence-electron chi connectivity index (χ0n) is 11.2. The molecule has 2 aliphatic rings. The second-order valence-corrected chi connectivity index (χ2v) is 6.18. The second-order valence-electron chi connectivity index (χ2n) is 5.74. The number of nitrogens with one attached hydrogen (secondary N) is 1. The van der Waals surface area contributed by atoms with Gasteiger partial charge in [0.05, 0.1) is 11.0 Å². The van der Waals surface area contributed by atoms with Crippen molar-refractivity contribution < 1.29 is 0 Å². The third kappa shape index (κ3) is 1.60. The lowest BCUT2D eigenvalue weighted by Crippen LogP contribution is -2.44. The van der Waals surface area contributed by atoms with Crippen LogP contribution in [-0.2, 0) is 0 Å². The summed E-state index contributed by atoms with van der Waals surface area (Å²) >= 11 is 6.10. The molecule has 2 unspecified atom stereocenters. The standard InChI is InChI=1S/C14H13ClN6/c15-8-1-2-11-12(3-8)21-7-17-19-14(21)13(18-11)20-6-9-4-10(20)5-16-9/h1-3,7,9-10,16H,4-6H2. The zero-order valence-corrected chi connectivity index (χ0v) is 12.0. The van der Waals surface area contributed by atoms with Gasteiger partial charge in [0.15, 0.2) is 5.82 Å². The third-order valence-electron chi connectivity index (χ3n) is 4.50. The first-order valence-corrected chi connectivity index (χ1v) is 7.46. The first-order valence-electron chi connectivity index (χ1n) is 7.08. The number of hydrogen-bond donors (Lipinski definition) is 1. The van der Waals surface area contributed by atoms with Crippen LogP contribution in [0.4, 0.5) is 5.82 Å². The minimum absolute atomic E-state index is 0.507. The number of piperazine rings is 1. The normalized spacial score (nSPS) is 24.5. The van der Waals surface area contributed by atoms with Crippen LogP contribution in [0.25, 0.3) is 16.7 Å². The van der Waals surface area contributed by atoms with Crippen molar-refractivity contribution in [3.05, 3.63) is 29.5 Å². The topological polar surface area (TPSA) is 58.4 Å². The van der Waals surface area contributed by atoms with Crippen LogP contribution in [-0.4, -0.2) is 44.8 Å². The number of nitrogens with zero attached hydrogens (tertiary/aromatic N) is 5. The van der Waals surface area contributed by atoms with Gasteiger partial charge in [0.25, 0.3) is 0 Å². The maximum absolute atomic E-state index is 6.10. The maximum Gasteiger partial charge on any atom is 0.204 e. The highest BCUT2D eigenvalue weighted by Crippen LogP contribution is 2.32. The van der Waals surface area contributed by atoms with Crippen LogP contribution in [0.2, 0.25) is 5.02 Å². The van der Waals surface area contributed by atoms with Gasteiger partial charge in [-0.2, -0.15) is 0 Å². The van der Waals surface area contributed by atoms with Crippen molar-refractivity contribution in [2.24, 2.45) is 0 Å². The Balaban J connectivity index is 1.79. The lowest BCUT2D eigenvalue weighted by molar-refractivity contribution is 0.577. The highest BCUT2D eigenvalue weighted by molar-refractivity contribution is 6.31. The number of fused-ring (bicyclic) bond motifs is 5. The number of hydrogen-bond acceptors (Lipinski definition) is 5. The fourth-order valence-corrected chi connectivity index (χ4v) is 3.69. The Morgan fingerprint density at radius 3 is 3.10 bits per heavy atom. The summed E-state index contributed by atoms with van der Waals surface area (Å²) in [6, 6.07) is 6.80. The van der Waals surface area contributed by atoms with E-state index in [1.165, 1.54) is 6.42 Å². The predicted octanol–water partition coefficient (Wildman–Crippen LogP) is 1.48. The van der Waals surface area contributed by atoms with Crippen molar-refractivity contribution in [2.75, 3.05) is 18.0 Å². The minimum Gasteiger partial charge on any atom is -0.348 e. The van der Waals surface area contributed by atoms with Crippen LogP contribution in [0.15, 0.2) is 24.5 Å². The largest absolute Gasteiger partial charge is 0.348 e. The van der Waals surface area contributed by atoms with Crippen LogP contribution >= 0.6 is 11.6 Å². The highest BCUT2D eigenvalue weighted by atomic mass is 35.5. The van der Waals surface area contributed by atoms with E-state index in [4.69, 9.17) is 16.6 Å². The first-order chi connectivity index (χ1) is 10.3. The van der Waals surface area contributed by atoms with E-state index in [0.29, 0.717) is 17.1 Å². The van der Waals surface area contributed by atoms with Crippen LogP contribution in [0, 0.1) is 0 Å². The lowest BCUT2D eigenvalue weighted by Gasteiger charge is -2.28. The Morgan fingerprint density at radius 2 is 2.29 bits per heavy atom. The molecule has 2 aliphatic heterocycles. The summed E-state index contributed by atoms with van der Waals surface area (Å²) in [5.41, 5.74) is 2.66. The van der Waals surface area contributed by atoms with Gasteiger partial charge in [-0.05, 0) is 24.6 Å². The Morgan fingerprint density at radius 1 is 1.33 bits per heavy atom. The number of halogens is 1. The molecular weight excluding hydrogens is 288 g/mol. The van der Waals surface area contributed by atoms with Gasteiger partial charge in [0, 0.05) is 30.2 Å². The molecule has 0 radical (unpaired) electrons. The number of benzene rings is 1. The second kappa shape index (κ2) is 4.05. The summed E-state index contributed by atoms with van der Waals surface area (Å²) in [6.45, 7) is 2.00. The van der Waals surface area contributed by atoms with Crippen LogP contribution in [0.5, 0.6) is 0 Å². The van der Waals surface area contributed by atoms with E-state index < -0.39 is 0 Å². The number of aromatic nitrogens is 4. The van der Waals surface area contributed by atoms with Gasteiger partial charge in [-0.1, -0.05) is 11.6 Å². The van der Waals surface area contributed by atoms with E-state index in [-0.39, 0.29) is 0 Å². The van der Waals surface area contributed by atoms with Crippen molar-refractivity contribution >= 4 is 34.1 Å². The van der Waals surface area contributed by atoms with Crippen LogP contribution < -0.4 is 10.2 Å². The molecule has 2 fully saturated rings. The first kappa shape index (κ1) is 11.7. The minimum atomic E-state index is 0.507. The van der Waals surface area contributed by atoms with Gasteiger partial charge in [-0.3, -0.25) is 4.40 Å². The molecule has 1 N–H and O–H groups in total. The fraction of sp³-hybridized carbons (Fsp3) is 0.357. The van der Waals surface area contributed by atoms with Crippen molar-refractivity contribution in [2.45, 2.75) is 18.5 Å². The van der Waals surface area contributed by atoms with Crippen molar-refractivity contribution in [1.29, 1.82) is 0 Å². The molecule has 2 atom stereocenters. The predicted molar refractivity (Wildman–Crippen MR) is 80.8 cm³/mol. The molecule has 6 nitrogen and oxygen atoms in total. The van der Waals surface area contributed by atoms with E-state index in [9.17, 15) is 0 Å². The Labute approximate surface area is 125 Å². The van der Waals surface area contributed by atoms with Gasteiger partial charge in [-0.25, -0.2) is 4.98 Å². The summed E-state index contributed by atoms with van der Waals surface area (Å²) in [7, 11) is 0. The van der Waals surface area contributed by atoms with E-state index in [1.807, 2.05) is 22.6 Å². The summed E-state index contributed by atoms with van der Waals surface area (Å²) in [6.07, 6.45) is 2.91. The molecular formula is C14H13ClN6. The molecule has 0 spiro atoms. The van der Waals surface area contributed by atoms with Crippen molar-refractivity contribution in [1.82, 2.24) is 24.9 Å². The molecule has 2 saturated heterocycles. The van der Waals surface area contributed by atoms with Gasteiger partial charge in [-0.15, -0.1) is 10.2 Å². The molecule has 0 saturated carbocycles. The average Bonchev–Trinajstić information content (AvgIpc) is 3.22. The zero-order chi connectivity index (χ0) is 14.0. The van der Waals surface area contributed by atoms with Gasteiger partial charge >= 0.3 is 0 Å². The molecule has 0 amide bonds. The van der Waals surface area contributed by atoms with E-state index in [1.54, 1.807) is 6.33 Å². The summed E-state index contributed by atoms with van der Waals surface area (Å²) in [5.74, 6) is 0.927. The van der Waals surface area contributed by atoms with E-state index in [0.717, 1.165) is 35.6 Å². The maximum atomic E-state index is 6.10. The summed E-state index contributed by atoms with van der Waals surface area (Å²) in [4.78, 5) is 7.19. The van der Waals surface area contributed by atoms with Crippen molar-refractivity contribution in [3.8, 4) is 0 Å². The smallest absolute Gasteiger partial charge is 0.204 e. The van der Waals surface area contributed by atoms with Crippen LogP contribution in [0.3, 0.4) is 0 Å². The molecule has 21 heavy (non-hydrogen) atoms. The third-order valence-corrected chi connectivity index (χ3v) is 4.73. The summed E-state index contributed by atoms with van der Waals surface area (Å²) in [5, 5.41) is 12.5. The molecule has 2 aromatic heterocycles. The highest BCUT2D eigenvalue weighted by Gasteiger charge is 2.39. The fourth-order valence-electron chi connectivity index (χ4n) is 3.52. The molecule has 2 bridgehead atoms. The molecule has 4 heterocycles.